The molecule has 1 unspecified atom stereocenters. The standard InChI is InChI=1S/C15H19ClO2S/c1-14(2)7-15(9-19-8-14)6-12(17)11-5-10(16)3-4-13(11)18-15/h3-5,12,17H,6-9H2,1-2H3/t12-,15?/m0/s1. The molecule has 0 aliphatic carbocycles. The number of thioether (sulfide) groups is 1. The first-order chi connectivity index (χ1) is 8.89. The summed E-state index contributed by atoms with van der Waals surface area (Å²) < 4.78 is 6.28. The van der Waals surface area contributed by atoms with Crippen molar-refractivity contribution in [1.82, 2.24) is 0 Å². The molecule has 2 nitrogen and oxygen atoms in total. The molecule has 1 saturated heterocycles. The SMILES string of the molecule is CC1(C)CSCC2(C[C@H](O)c3cc(Cl)ccc3O2)C1. The van der Waals surface area contributed by atoms with Gasteiger partial charge in [0.2, 0.25) is 0 Å². The minimum absolute atomic E-state index is 0.230. The van der Waals surface area contributed by atoms with Crippen molar-refractivity contribution in [2.45, 2.75) is 38.4 Å². The van der Waals surface area contributed by atoms with E-state index in [-0.39, 0.29) is 11.0 Å². The van der Waals surface area contributed by atoms with Crippen LogP contribution in [-0.4, -0.2) is 22.2 Å². The van der Waals surface area contributed by atoms with Crippen LogP contribution in [0.15, 0.2) is 18.2 Å². The molecule has 1 aromatic rings. The molecule has 1 fully saturated rings. The van der Waals surface area contributed by atoms with Gasteiger partial charge < -0.3 is 9.84 Å². The largest absolute Gasteiger partial charge is 0.486 e. The number of halogens is 1. The number of fused-ring (bicyclic) bond motifs is 1. The Hall–Kier alpha value is -0.380. The Morgan fingerprint density at radius 3 is 2.89 bits per heavy atom. The first-order valence-electron chi connectivity index (χ1n) is 6.64. The Labute approximate surface area is 123 Å². The molecule has 0 saturated carbocycles. The summed E-state index contributed by atoms with van der Waals surface area (Å²) in [6, 6.07) is 5.52. The summed E-state index contributed by atoms with van der Waals surface area (Å²) >= 11 is 7.92. The molecule has 1 spiro atoms. The lowest BCUT2D eigenvalue weighted by Crippen LogP contribution is -2.50. The van der Waals surface area contributed by atoms with Crippen molar-refractivity contribution in [2.24, 2.45) is 5.41 Å². The second kappa shape index (κ2) is 4.57. The van der Waals surface area contributed by atoms with Crippen LogP contribution in [0.2, 0.25) is 5.02 Å². The van der Waals surface area contributed by atoms with Crippen molar-refractivity contribution in [3.63, 3.8) is 0 Å². The van der Waals surface area contributed by atoms with E-state index in [1.54, 1.807) is 0 Å². The number of aliphatic hydroxyl groups is 1. The maximum atomic E-state index is 10.4. The molecule has 0 radical (unpaired) electrons. The van der Waals surface area contributed by atoms with Gasteiger partial charge in [-0.3, -0.25) is 0 Å². The highest BCUT2D eigenvalue weighted by molar-refractivity contribution is 7.99. The lowest BCUT2D eigenvalue weighted by Gasteiger charge is -2.48. The average Bonchev–Trinajstić information content (AvgIpc) is 2.29. The molecule has 2 atom stereocenters. The van der Waals surface area contributed by atoms with E-state index in [0.29, 0.717) is 11.4 Å². The first kappa shape index (κ1) is 13.6. The summed E-state index contributed by atoms with van der Waals surface area (Å²) in [6.07, 6.45) is 1.18. The fraction of sp³-hybridized carbons (Fsp3) is 0.600. The Morgan fingerprint density at radius 1 is 1.37 bits per heavy atom. The second-order valence-corrected chi connectivity index (χ2v) is 7.94. The fourth-order valence-corrected chi connectivity index (χ4v) is 4.88. The van der Waals surface area contributed by atoms with Gasteiger partial charge in [-0.15, -0.1) is 0 Å². The summed E-state index contributed by atoms with van der Waals surface area (Å²) in [5, 5.41) is 11.1. The molecule has 0 amide bonds. The van der Waals surface area contributed by atoms with Crippen LogP contribution >= 0.6 is 23.4 Å². The molecule has 19 heavy (non-hydrogen) atoms. The predicted octanol–water partition coefficient (Wildman–Crippen LogP) is 4.06. The van der Waals surface area contributed by atoms with Crippen molar-refractivity contribution >= 4 is 23.4 Å². The summed E-state index contributed by atoms with van der Waals surface area (Å²) in [6.45, 7) is 4.54. The van der Waals surface area contributed by atoms with Gasteiger partial charge in [-0.2, -0.15) is 11.8 Å². The van der Waals surface area contributed by atoms with Crippen LogP contribution in [0, 0.1) is 5.41 Å². The zero-order chi connectivity index (χ0) is 13.7. The van der Waals surface area contributed by atoms with E-state index >= 15 is 0 Å². The lowest BCUT2D eigenvalue weighted by molar-refractivity contribution is -0.0254. The van der Waals surface area contributed by atoms with Gasteiger partial charge in [-0.25, -0.2) is 0 Å². The van der Waals surface area contributed by atoms with E-state index in [1.807, 2.05) is 30.0 Å². The minimum atomic E-state index is -0.475. The van der Waals surface area contributed by atoms with Crippen molar-refractivity contribution in [1.29, 1.82) is 0 Å². The van der Waals surface area contributed by atoms with Gasteiger partial charge >= 0.3 is 0 Å². The van der Waals surface area contributed by atoms with Crippen molar-refractivity contribution in [3.8, 4) is 5.75 Å². The molecule has 2 heterocycles. The summed E-state index contributed by atoms with van der Waals surface area (Å²) in [7, 11) is 0. The Balaban J connectivity index is 1.94. The number of ether oxygens (including phenoxy) is 1. The maximum Gasteiger partial charge on any atom is 0.126 e. The summed E-state index contributed by atoms with van der Waals surface area (Å²) in [5.74, 6) is 2.90. The van der Waals surface area contributed by atoms with Gasteiger partial charge in [0.25, 0.3) is 0 Å². The van der Waals surface area contributed by atoms with Crippen LogP contribution < -0.4 is 4.74 Å². The van der Waals surface area contributed by atoms with Gasteiger partial charge in [0.1, 0.15) is 11.4 Å². The van der Waals surface area contributed by atoms with Crippen LogP contribution in [0.5, 0.6) is 5.75 Å². The molecule has 1 N–H and O–H groups in total. The average molecular weight is 299 g/mol. The molecule has 2 aliphatic heterocycles. The molecule has 0 bridgehead atoms. The Bertz CT molecular complexity index is 503. The molecule has 0 aromatic heterocycles. The van der Waals surface area contributed by atoms with Crippen LogP contribution in [-0.2, 0) is 0 Å². The summed E-state index contributed by atoms with van der Waals surface area (Å²) in [5.41, 5.74) is 0.852. The van der Waals surface area contributed by atoms with Crippen LogP contribution in [0.4, 0.5) is 0 Å². The van der Waals surface area contributed by atoms with Crippen molar-refractivity contribution in [2.75, 3.05) is 11.5 Å². The number of hydrogen-bond acceptors (Lipinski definition) is 3. The monoisotopic (exact) mass is 298 g/mol. The number of hydrogen-bond donors (Lipinski definition) is 1. The molecular weight excluding hydrogens is 280 g/mol. The van der Waals surface area contributed by atoms with E-state index in [2.05, 4.69) is 13.8 Å². The predicted molar refractivity (Wildman–Crippen MR) is 80.1 cm³/mol. The lowest BCUT2D eigenvalue weighted by atomic mass is 9.77. The third-order valence-electron chi connectivity index (χ3n) is 3.88. The highest BCUT2D eigenvalue weighted by atomic mass is 35.5. The highest BCUT2D eigenvalue weighted by Crippen LogP contribution is 2.49. The normalized spacial score (nSPS) is 32.7. The molecule has 1 aromatic carbocycles. The van der Waals surface area contributed by atoms with Gasteiger partial charge in [0.05, 0.1) is 6.10 Å². The smallest absolute Gasteiger partial charge is 0.126 e. The topological polar surface area (TPSA) is 29.5 Å². The van der Waals surface area contributed by atoms with E-state index in [0.717, 1.165) is 29.2 Å². The first-order valence-corrected chi connectivity index (χ1v) is 8.17. The molecule has 4 heteroatoms. The summed E-state index contributed by atoms with van der Waals surface area (Å²) in [4.78, 5) is 0. The van der Waals surface area contributed by atoms with Gasteiger partial charge in [-0.05, 0) is 35.8 Å². The van der Waals surface area contributed by atoms with Crippen molar-refractivity contribution in [3.05, 3.63) is 28.8 Å². The number of benzene rings is 1. The van der Waals surface area contributed by atoms with E-state index in [9.17, 15) is 5.11 Å². The number of aliphatic hydroxyl groups excluding tert-OH is 1. The second-order valence-electron chi connectivity index (χ2n) is 6.52. The van der Waals surface area contributed by atoms with E-state index in [4.69, 9.17) is 16.3 Å². The minimum Gasteiger partial charge on any atom is -0.486 e. The molecule has 104 valence electrons. The maximum absolute atomic E-state index is 10.4. The van der Waals surface area contributed by atoms with Crippen molar-refractivity contribution < 1.29 is 9.84 Å². The number of rotatable bonds is 0. The molecule has 2 aliphatic rings. The Morgan fingerprint density at radius 2 is 2.16 bits per heavy atom. The third-order valence-corrected chi connectivity index (χ3v) is 5.83. The van der Waals surface area contributed by atoms with Crippen LogP contribution in [0.25, 0.3) is 0 Å². The van der Waals surface area contributed by atoms with Crippen LogP contribution in [0.3, 0.4) is 0 Å². The van der Waals surface area contributed by atoms with Crippen LogP contribution in [0.1, 0.15) is 38.4 Å². The molecular formula is C15H19ClO2S. The highest BCUT2D eigenvalue weighted by Gasteiger charge is 2.46. The third kappa shape index (κ3) is 2.61. The zero-order valence-electron chi connectivity index (χ0n) is 11.3. The van der Waals surface area contributed by atoms with Gasteiger partial charge in [0.15, 0.2) is 0 Å². The van der Waals surface area contributed by atoms with E-state index in [1.165, 1.54) is 0 Å². The Kier molecular flexibility index (Phi) is 3.27. The van der Waals surface area contributed by atoms with Gasteiger partial charge in [0, 0.05) is 22.8 Å². The molecule has 3 rings (SSSR count). The van der Waals surface area contributed by atoms with E-state index < -0.39 is 6.10 Å². The quantitative estimate of drug-likeness (QED) is 0.783. The fourth-order valence-electron chi connectivity index (χ4n) is 3.29. The van der Waals surface area contributed by atoms with Gasteiger partial charge in [-0.1, -0.05) is 25.4 Å². The zero-order valence-corrected chi connectivity index (χ0v) is 12.9.